The van der Waals surface area contributed by atoms with E-state index < -0.39 is 0 Å². The molecule has 7 nitrogen and oxygen atoms in total. The number of aromatic nitrogens is 2. The van der Waals surface area contributed by atoms with Crippen molar-refractivity contribution in [2.24, 2.45) is 10.4 Å². The van der Waals surface area contributed by atoms with Crippen LogP contribution in [0, 0.1) is 12.3 Å². The summed E-state index contributed by atoms with van der Waals surface area (Å²) in [6.45, 7) is 9.57. The molecule has 0 amide bonds. The van der Waals surface area contributed by atoms with Gasteiger partial charge in [-0.25, -0.2) is 0 Å². The summed E-state index contributed by atoms with van der Waals surface area (Å²) in [6, 6.07) is 0.365. The highest BCUT2D eigenvalue weighted by atomic mass is 127. The van der Waals surface area contributed by atoms with Crippen molar-refractivity contribution in [1.29, 1.82) is 0 Å². The fourth-order valence-electron chi connectivity index (χ4n) is 3.51. The number of aryl methyl sites for hydroxylation is 1. The Kier molecular flexibility index (Phi) is 8.41. The Labute approximate surface area is 161 Å². The molecule has 0 bridgehead atoms. The van der Waals surface area contributed by atoms with E-state index in [1.165, 1.54) is 0 Å². The van der Waals surface area contributed by atoms with E-state index in [9.17, 15) is 0 Å². The lowest BCUT2D eigenvalue weighted by molar-refractivity contribution is -0.133. The van der Waals surface area contributed by atoms with Crippen LogP contribution in [0.1, 0.15) is 51.7 Å². The van der Waals surface area contributed by atoms with Crippen LogP contribution in [0.5, 0.6) is 0 Å². The van der Waals surface area contributed by atoms with E-state index >= 15 is 0 Å². The number of halogens is 1. The van der Waals surface area contributed by atoms with Gasteiger partial charge in [0.15, 0.2) is 11.8 Å². The van der Waals surface area contributed by atoms with Crippen molar-refractivity contribution in [3.63, 3.8) is 0 Å². The number of rotatable bonds is 7. The van der Waals surface area contributed by atoms with Gasteiger partial charge >= 0.3 is 0 Å². The fourth-order valence-corrected chi connectivity index (χ4v) is 3.51. The van der Waals surface area contributed by atoms with E-state index in [1.807, 2.05) is 0 Å². The summed E-state index contributed by atoms with van der Waals surface area (Å²) in [5, 5.41) is 10.5. The van der Waals surface area contributed by atoms with E-state index in [-0.39, 0.29) is 29.4 Å². The highest BCUT2D eigenvalue weighted by Crippen LogP contribution is 2.48. The Morgan fingerprint density at radius 1 is 1.38 bits per heavy atom. The number of aliphatic imine (C=N–C) groups is 1. The van der Waals surface area contributed by atoms with Crippen LogP contribution in [0.25, 0.3) is 0 Å². The van der Waals surface area contributed by atoms with Gasteiger partial charge in [0.05, 0.1) is 12.6 Å². The molecule has 0 spiro atoms. The van der Waals surface area contributed by atoms with E-state index in [1.54, 1.807) is 14.0 Å². The standard InChI is InChI=1S/C16H29N5O2.HI/c1-6-16(7-2)12(9-13(16)22-8-3)20-15(17-5)18-10-14-19-11(4)21-23-14;/h12-13H,6-10H2,1-5H3,(H2,17,18,20);1H. The minimum atomic E-state index is 0. The monoisotopic (exact) mass is 451 g/mol. The van der Waals surface area contributed by atoms with Gasteiger partial charge in [-0.15, -0.1) is 24.0 Å². The molecule has 138 valence electrons. The molecule has 8 heteroatoms. The van der Waals surface area contributed by atoms with Crippen molar-refractivity contribution in [2.75, 3.05) is 13.7 Å². The summed E-state index contributed by atoms with van der Waals surface area (Å²) in [4.78, 5) is 8.49. The lowest BCUT2D eigenvalue weighted by Crippen LogP contribution is -2.65. The second-order valence-corrected chi connectivity index (χ2v) is 5.98. The molecule has 1 aromatic rings. The molecular formula is C16H30IN5O2. The molecule has 2 N–H and O–H groups in total. The zero-order valence-corrected chi connectivity index (χ0v) is 17.6. The number of nitrogens with zero attached hydrogens (tertiary/aromatic N) is 3. The average molecular weight is 451 g/mol. The molecule has 0 radical (unpaired) electrons. The van der Waals surface area contributed by atoms with Gasteiger partial charge in [0.2, 0.25) is 5.89 Å². The van der Waals surface area contributed by atoms with E-state index in [2.05, 4.69) is 46.5 Å². The van der Waals surface area contributed by atoms with Crippen LogP contribution in [0.2, 0.25) is 0 Å². The van der Waals surface area contributed by atoms with Crippen LogP contribution >= 0.6 is 24.0 Å². The third-order valence-electron chi connectivity index (χ3n) is 4.98. The lowest BCUT2D eigenvalue weighted by atomic mass is 9.58. The van der Waals surface area contributed by atoms with Gasteiger partial charge < -0.3 is 19.9 Å². The molecule has 2 rings (SSSR count). The van der Waals surface area contributed by atoms with Crippen LogP contribution in [0.4, 0.5) is 0 Å². The molecule has 1 aromatic heterocycles. The van der Waals surface area contributed by atoms with Crippen LogP contribution in [0.15, 0.2) is 9.52 Å². The zero-order chi connectivity index (χ0) is 16.9. The molecule has 2 unspecified atom stereocenters. The highest BCUT2D eigenvalue weighted by Gasteiger charge is 2.53. The SMILES string of the molecule is CCOC1CC(NC(=NC)NCc2nc(C)no2)C1(CC)CC.I. The topological polar surface area (TPSA) is 84.6 Å². The van der Waals surface area contributed by atoms with Gasteiger partial charge in [-0.2, -0.15) is 4.98 Å². The average Bonchev–Trinajstić information content (AvgIpc) is 2.96. The second kappa shape index (κ2) is 9.55. The summed E-state index contributed by atoms with van der Waals surface area (Å²) in [5.74, 6) is 1.95. The van der Waals surface area contributed by atoms with Gasteiger partial charge in [-0.3, -0.25) is 4.99 Å². The van der Waals surface area contributed by atoms with Crippen molar-refractivity contribution in [3.05, 3.63) is 11.7 Å². The first-order valence-corrected chi connectivity index (χ1v) is 8.47. The van der Waals surface area contributed by atoms with Crippen molar-refractivity contribution >= 4 is 29.9 Å². The fraction of sp³-hybridized carbons (Fsp3) is 0.812. The second-order valence-electron chi connectivity index (χ2n) is 5.98. The Hall–Kier alpha value is -0.900. The van der Waals surface area contributed by atoms with Crippen LogP contribution in [-0.4, -0.2) is 41.9 Å². The first-order chi connectivity index (χ1) is 11.1. The maximum atomic E-state index is 5.92. The molecule has 2 atom stereocenters. The van der Waals surface area contributed by atoms with Gasteiger partial charge in [-0.05, 0) is 33.1 Å². The highest BCUT2D eigenvalue weighted by molar-refractivity contribution is 14.0. The van der Waals surface area contributed by atoms with E-state index in [0.29, 0.717) is 30.4 Å². The molecule has 1 heterocycles. The van der Waals surface area contributed by atoms with Crippen molar-refractivity contribution < 1.29 is 9.26 Å². The number of nitrogens with one attached hydrogen (secondary N) is 2. The van der Waals surface area contributed by atoms with Crippen LogP contribution in [-0.2, 0) is 11.3 Å². The molecule has 0 saturated heterocycles. The third kappa shape index (κ3) is 4.38. The van der Waals surface area contributed by atoms with E-state index in [4.69, 9.17) is 9.26 Å². The first-order valence-electron chi connectivity index (χ1n) is 8.47. The number of ether oxygens (including phenoxy) is 1. The minimum Gasteiger partial charge on any atom is -0.378 e. The minimum absolute atomic E-state index is 0. The molecule has 1 aliphatic rings. The summed E-state index contributed by atoms with van der Waals surface area (Å²) in [6.07, 6.45) is 3.52. The Bertz CT molecular complexity index is 530. The third-order valence-corrected chi connectivity index (χ3v) is 4.98. The normalized spacial score (nSPS) is 22.5. The predicted molar refractivity (Wildman–Crippen MR) is 105 cm³/mol. The van der Waals surface area contributed by atoms with Crippen molar-refractivity contribution in [3.8, 4) is 0 Å². The lowest BCUT2D eigenvalue weighted by Gasteiger charge is -2.55. The van der Waals surface area contributed by atoms with Crippen molar-refractivity contribution in [1.82, 2.24) is 20.8 Å². The summed E-state index contributed by atoms with van der Waals surface area (Å²) >= 11 is 0. The quantitative estimate of drug-likeness (QED) is 0.377. The molecule has 1 saturated carbocycles. The Balaban J connectivity index is 0.00000288. The predicted octanol–water partition coefficient (Wildman–Crippen LogP) is 2.64. The Morgan fingerprint density at radius 3 is 2.58 bits per heavy atom. The van der Waals surface area contributed by atoms with Gasteiger partial charge in [0.25, 0.3) is 0 Å². The van der Waals surface area contributed by atoms with Gasteiger partial charge in [0.1, 0.15) is 0 Å². The number of guanidine groups is 1. The zero-order valence-electron chi connectivity index (χ0n) is 15.3. The van der Waals surface area contributed by atoms with Crippen molar-refractivity contribution in [2.45, 2.75) is 65.6 Å². The maximum absolute atomic E-state index is 5.92. The molecule has 0 aliphatic heterocycles. The largest absolute Gasteiger partial charge is 0.378 e. The molecule has 24 heavy (non-hydrogen) atoms. The molecular weight excluding hydrogens is 421 g/mol. The van der Waals surface area contributed by atoms with Gasteiger partial charge in [0, 0.05) is 25.1 Å². The molecule has 1 fully saturated rings. The number of hydrogen-bond donors (Lipinski definition) is 2. The molecule has 1 aliphatic carbocycles. The van der Waals surface area contributed by atoms with E-state index in [0.717, 1.165) is 31.8 Å². The smallest absolute Gasteiger partial charge is 0.246 e. The Morgan fingerprint density at radius 2 is 2.08 bits per heavy atom. The summed E-state index contributed by atoms with van der Waals surface area (Å²) < 4.78 is 11.0. The number of hydrogen-bond acceptors (Lipinski definition) is 5. The first kappa shape index (κ1) is 21.1. The van der Waals surface area contributed by atoms with Crippen LogP contribution in [0.3, 0.4) is 0 Å². The summed E-state index contributed by atoms with van der Waals surface area (Å²) in [7, 11) is 1.77. The summed E-state index contributed by atoms with van der Waals surface area (Å²) in [5.41, 5.74) is 0.175. The van der Waals surface area contributed by atoms with Crippen LogP contribution < -0.4 is 10.6 Å². The molecule has 0 aromatic carbocycles. The van der Waals surface area contributed by atoms with Gasteiger partial charge in [-0.1, -0.05) is 19.0 Å². The maximum Gasteiger partial charge on any atom is 0.246 e.